The molecule has 2 N–H and O–H groups in total. The zero-order valence-corrected chi connectivity index (χ0v) is 11.7. The molecule has 2 aromatic carbocycles. The molecule has 100 valence electrons. The Morgan fingerprint density at radius 1 is 0.900 bits per heavy atom. The summed E-state index contributed by atoms with van der Waals surface area (Å²) in [7, 11) is 0. The van der Waals surface area contributed by atoms with Crippen molar-refractivity contribution in [1.29, 1.82) is 0 Å². The van der Waals surface area contributed by atoms with Crippen molar-refractivity contribution in [3.63, 3.8) is 0 Å². The molecule has 3 rings (SSSR count). The lowest BCUT2D eigenvalue weighted by atomic mass is 10.2. The number of benzene rings is 2. The van der Waals surface area contributed by atoms with Gasteiger partial charge in [-0.1, -0.05) is 28.4 Å². The minimum absolute atomic E-state index is 0.385. The Labute approximate surface area is 125 Å². The van der Waals surface area contributed by atoms with Gasteiger partial charge in [-0.05, 0) is 42.5 Å². The molecule has 0 fully saturated rings. The third kappa shape index (κ3) is 2.48. The van der Waals surface area contributed by atoms with Crippen LogP contribution < -0.4 is 5.73 Å². The van der Waals surface area contributed by atoms with Gasteiger partial charge in [0.2, 0.25) is 5.82 Å². The third-order valence-corrected chi connectivity index (χ3v) is 3.50. The summed E-state index contributed by atoms with van der Waals surface area (Å²) >= 11 is 11.8. The number of hydrogen-bond donors (Lipinski definition) is 1. The van der Waals surface area contributed by atoms with Gasteiger partial charge in [0.1, 0.15) is 0 Å². The molecule has 0 unspecified atom stereocenters. The highest BCUT2D eigenvalue weighted by Crippen LogP contribution is 2.28. The van der Waals surface area contributed by atoms with Gasteiger partial charge in [0.25, 0.3) is 5.89 Å². The molecule has 0 amide bonds. The molecule has 0 radical (unpaired) electrons. The molecule has 0 saturated carbocycles. The summed E-state index contributed by atoms with van der Waals surface area (Å²) in [6.45, 7) is 0. The minimum atomic E-state index is 0.385. The van der Waals surface area contributed by atoms with Crippen molar-refractivity contribution in [2.45, 2.75) is 0 Å². The Bertz CT molecular complexity index is 753. The van der Waals surface area contributed by atoms with Crippen molar-refractivity contribution >= 4 is 28.9 Å². The molecule has 20 heavy (non-hydrogen) atoms. The summed E-state index contributed by atoms with van der Waals surface area (Å²) in [5.74, 6) is 0.876. The van der Waals surface area contributed by atoms with Gasteiger partial charge in [-0.3, -0.25) is 0 Å². The van der Waals surface area contributed by atoms with E-state index in [0.717, 1.165) is 5.56 Å². The van der Waals surface area contributed by atoms with E-state index >= 15 is 0 Å². The van der Waals surface area contributed by atoms with Crippen molar-refractivity contribution in [2.24, 2.45) is 0 Å². The van der Waals surface area contributed by atoms with E-state index in [2.05, 4.69) is 10.1 Å². The molecular formula is C14H9Cl2N3O. The molecule has 0 bridgehead atoms. The van der Waals surface area contributed by atoms with E-state index in [4.69, 9.17) is 33.5 Å². The van der Waals surface area contributed by atoms with Gasteiger partial charge in [-0.25, -0.2) is 0 Å². The average Bonchev–Trinajstić information content (AvgIpc) is 2.92. The second-order valence-corrected chi connectivity index (χ2v) is 4.99. The number of nitrogens with two attached hydrogens (primary N) is 1. The van der Waals surface area contributed by atoms with Crippen LogP contribution in [0.25, 0.3) is 22.8 Å². The highest BCUT2D eigenvalue weighted by atomic mass is 35.5. The SMILES string of the molecule is Nc1ccc(-c2noc(-c3ccc(Cl)c(Cl)c3)n2)cc1. The second kappa shape index (κ2) is 5.15. The van der Waals surface area contributed by atoms with Gasteiger partial charge in [0.05, 0.1) is 10.0 Å². The molecule has 0 aliphatic heterocycles. The fourth-order valence-electron chi connectivity index (χ4n) is 1.72. The lowest BCUT2D eigenvalue weighted by molar-refractivity contribution is 0.432. The van der Waals surface area contributed by atoms with Crippen LogP contribution in [0.15, 0.2) is 47.0 Å². The molecular weight excluding hydrogens is 297 g/mol. The van der Waals surface area contributed by atoms with E-state index in [1.54, 1.807) is 30.3 Å². The summed E-state index contributed by atoms with van der Waals surface area (Å²) < 4.78 is 5.24. The Hall–Kier alpha value is -2.04. The molecule has 4 nitrogen and oxygen atoms in total. The second-order valence-electron chi connectivity index (χ2n) is 4.17. The summed E-state index contributed by atoms with van der Waals surface area (Å²) in [5.41, 5.74) is 7.87. The normalized spacial score (nSPS) is 10.7. The third-order valence-electron chi connectivity index (χ3n) is 2.76. The number of halogens is 2. The van der Waals surface area contributed by atoms with E-state index in [-0.39, 0.29) is 0 Å². The largest absolute Gasteiger partial charge is 0.399 e. The van der Waals surface area contributed by atoms with Crippen LogP contribution >= 0.6 is 23.2 Å². The van der Waals surface area contributed by atoms with E-state index in [1.807, 2.05) is 12.1 Å². The minimum Gasteiger partial charge on any atom is -0.399 e. The maximum Gasteiger partial charge on any atom is 0.258 e. The van der Waals surface area contributed by atoms with Crippen LogP contribution in [-0.4, -0.2) is 10.1 Å². The maximum atomic E-state index is 5.97. The molecule has 0 atom stereocenters. The molecule has 0 aliphatic rings. The van der Waals surface area contributed by atoms with Crippen molar-refractivity contribution in [1.82, 2.24) is 10.1 Å². The van der Waals surface area contributed by atoms with Gasteiger partial charge >= 0.3 is 0 Å². The van der Waals surface area contributed by atoms with Crippen LogP contribution in [0.1, 0.15) is 0 Å². The van der Waals surface area contributed by atoms with Gasteiger partial charge in [-0.15, -0.1) is 0 Å². The number of nitrogen functional groups attached to an aromatic ring is 1. The summed E-state index contributed by atoms with van der Waals surface area (Å²) in [4.78, 5) is 4.33. The number of anilines is 1. The van der Waals surface area contributed by atoms with Crippen LogP contribution in [0, 0.1) is 0 Å². The maximum absolute atomic E-state index is 5.97. The Balaban J connectivity index is 1.97. The quantitative estimate of drug-likeness (QED) is 0.717. The fourth-order valence-corrected chi connectivity index (χ4v) is 2.02. The zero-order valence-electron chi connectivity index (χ0n) is 10.2. The highest BCUT2D eigenvalue weighted by molar-refractivity contribution is 6.42. The first kappa shape index (κ1) is 13.0. The Kier molecular flexibility index (Phi) is 3.34. The molecule has 6 heteroatoms. The van der Waals surface area contributed by atoms with Crippen molar-refractivity contribution in [3.8, 4) is 22.8 Å². The number of hydrogen-bond acceptors (Lipinski definition) is 4. The average molecular weight is 306 g/mol. The Morgan fingerprint density at radius 3 is 2.30 bits per heavy atom. The van der Waals surface area contributed by atoms with Crippen LogP contribution in [0.4, 0.5) is 5.69 Å². The summed E-state index contributed by atoms with van der Waals surface area (Å²) in [6, 6.07) is 12.4. The first-order valence-corrected chi connectivity index (χ1v) is 6.54. The van der Waals surface area contributed by atoms with Gasteiger partial charge < -0.3 is 10.3 Å². The molecule has 0 saturated heterocycles. The smallest absolute Gasteiger partial charge is 0.258 e. The zero-order chi connectivity index (χ0) is 14.1. The predicted molar refractivity (Wildman–Crippen MR) is 79.6 cm³/mol. The van der Waals surface area contributed by atoms with Crippen molar-refractivity contribution in [3.05, 3.63) is 52.5 Å². The molecule has 0 aliphatic carbocycles. The van der Waals surface area contributed by atoms with E-state index in [9.17, 15) is 0 Å². The Morgan fingerprint density at radius 2 is 1.60 bits per heavy atom. The molecule has 3 aromatic rings. The standard InChI is InChI=1S/C14H9Cl2N3O/c15-11-6-3-9(7-12(11)16)14-18-13(19-20-14)8-1-4-10(17)5-2-8/h1-7H,17H2. The predicted octanol–water partition coefficient (Wildman–Crippen LogP) is 4.29. The molecule has 1 heterocycles. The first-order valence-electron chi connectivity index (χ1n) is 5.78. The van der Waals surface area contributed by atoms with E-state index < -0.39 is 0 Å². The lowest BCUT2D eigenvalue weighted by Crippen LogP contribution is -1.85. The van der Waals surface area contributed by atoms with Crippen LogP contribution in [0.2, 0.25) is 10.0 Å². The molecule has 0 spiro atoms. The van der Waals surface area contributed by atoms with Crippen LogP contribution in [-0.2, 0) is 0 Å². The van der Waals surface area contributed by atoms with E-state index in [0.29, 0.717) is 33.0 Å². The summed E-state index contributed by atoms with van der Waals surface area (Å²) in [6.07, 6.45) is 0. The monoisotopic (exact) mass is 305 g/mol. The van der Waals surface area contributed by atoms with Gasteiger partial charge in [-0.2, -0.15) is 4.98 Å². The van der Waals surface area contributed by atoms with Crippen LogP contribution in [0.3, 0.4) is 0 Å². The fraction of sp³-hybridized carbons (Fsp3) is 0. The number of aromatic nitrogens is 2. The van der Waals surface area contributed by atoms with E-state index in [1.165, 1.54) is 0 Å². The lowest BCUT2D eigenvalue weighted by Gasteiger charge is -1.97. The summed E-state index contributed by atoms with van der Waals surface area (Å²) in [5, 5.41) is 4.86. The number of rotatable bonds is 2. The highest BCUT2D eigenvalue weighted by Gasteiger charge is 2.11. The van der Waals surface area contributed by atoms with Gasteiger partial charge in [0, 0.05) is 16.8 Å². The van der Waals surface area contributed by atoms with Crippen LogP contribution in [0.5, 0.6) is 0 Å². The first-order chi connectivity index (χ1) is 9.63. The van der Waals surface area contributed by atoms with Crippen molar-refractivity contribution < 1.29 is 4.52 Å². The molecule has 1 aromatic heterocycles. The van der Waals surface area contributed by atoms with Crippen molar-refractivity contribution in [2.75, 3.05) is 5.73 Å². The number of nitrogens with zero attached hydrogens (tertiary/aromatic N) is 2. The topological polar surface area (TPSA) is 64.9 Å². The van der Waals surface area contributed by atoms with Gasteiger partial charge in [0.15, 0.2) is 0 Å².